The standard InChI is InChI=1S/C5H9BO2/c1-3-2-4(7)8-5(3)6/h3-5,7H,2H2,1H3. The largest absolute Gasteiger partial charge is 0.368 e. The summed E-state index contributed by atoms with van der Waals surface area (Å²) in [5.41, 5.74) is 0. The Morgan fingerprint density at radius 2 is 2.38 bits per heavy atom. The maximum absolute atomic E-state index is 8.77. The number of aliphatic hydroxyl groups is 1. The summed E-state index contributed by atoms with van der Waals surface area (Å²) in [5.74, 6) is 0.296. The van der Waals surface area contributed by atoms with Crippen molar-refractivity contribution < 1.29 is 9.84 Å². The molecule has 0 aromatic rings. The molecule has 1 fully saturated rings. The molecular formula is C5H9BO2. The SMILES string of the molecule is [B]C1OC(O)CC1C. The Hall–Kier alpha value is -0.0151. The lowest BCUT2D eigenvalue weighted by atomic mass is 9.88. The molecule has 0 amide bonds. The van der Waals surface area contributed by atoms with E-state index in [1.165, 1.54) is 0 Å². The number of aliphatic hydroxyl groups excluding tert-OH is 1. The Morgan fingerprint density at radius 3 is 2.50 bits per heavy atom. The summed E-state index contributed by atoms with van der Waals surface area (Å²) in [7, 11) is 5.39. The van der Waals surface area contributed by atoms with Crippen molar-refractivity contribution in [1.29, 1.82) is 0 Å². The van der Waals surface area contributed by atoms with E-state index in [9.17, 15) is 0 Å². The van der Waals surface area contributed by atoms with Crippen molar-refractivity contribution in [2.24, 2.45) is 5.92 Å². The van der Waals surface area contributed by atoms with Gasteiger partial charge in [-0.3, -0.25) is 0 Å². The molecule has 3 atom stereocenters. The van der Waals surface area contributed by atoms with Gasteiger partial charge in [0.05, 0.1) is 0 Å². The van der Waals surface area contributed by atoms with Crippen LogP contribution in [0, 0.1) is 5.92 Å². The molecule has 1 rings (SSSR count). The van der Waals surface area contributed by atoms with Gasteiger partial charge in [-0.05, 0) is 5.92 Å². The average molecular weight is 112 g/mol. The highest BCUT2D eigenvalue weighted by Crippen LogP contribution is 2.21. The molecule has 0 bridgehead atoms. The molecule has 0 aromatic heterocycles. The highest BCUT2D eigenvalue weighted by atomic mass is 16.6. The summed E-state index contributed by atoms with van der Waals surface area (Å²) < 4.78 is 4.81. The summed E-state index contributed by atoms with van der Waals surface area (Å²) in [4.78, 5) is 0. The van der Waals surface area contributed by atoms with Crippen LogP contribution in [-0.2, 0) is 4.74 Å². The monoisotopic (exact) mass is 112 g/mol. The van der Waals surface area contributed by atoms with Crippen LogP contribution in [0.3, 0.4) is 0 Å². The Morgan fingerprint density at radius 1 is 1.75 bits per heavy atom. The van der Waals surface area contributed by atoms with Gasteiger partial charge in [0.15, 0.2) is 6.29 Å². The molecule has 44 valence electrons. The zero-order chi connectivity index (χ0) is 6.15. The molecule has 1 aliphatic heterocycles. The Balaban J connectivity index is 2.39. The van der Waals surface area contributed by atoms with Crippen molar-refractivity contribution in [3.63, 3.8) is 0 Å². The molecule has 8 heavy (non-hydrogen) atoms. The third-order valence-corrected chi connectivity index (χ3v) is 1.45. The summed E-state index contributed by atoms with van der Waals surface area (Å²) >= 11 is 0. The van der Waals surface area contributed by atoms with E-state index >= 15 is 0 Å². The van der Waals surface area contributed by atoms with Gasteiger partial charge >= 0.3 is 0 Å². The molecule has 2 nitrogen and oxygen atoms in total. The zero-order valence-corrected chi connectivity index (χ0v) is 4.87. The quantitative estimate of drug-likeness (QED) is 0.441. The molecule has 0 spiro atoms. The first-order chi connectivity index (χ1) is 3.70. The maximum Gasteiger partial charge on any atom is 0.154 e. The molecule has 2 radical (unpaired) electrons. The van der Waals surface area contributed by atoms with Gasteiger partial charge in [-0.15, -0.1) is 0 Å². The van der Waals surface area contributed by atoms with E-state index in [0.29, 0.717) is 12.3 Å². The van der Waals surface area contributed by atoms with Gasteiger partial charge in [-0.2, -0.15) is 0 Å². The zero-order valence-electron chi connectivity index (χ0n) is 4.87. The van der Waals surface area contributed by atoms with Crippen LogP contribution in [0.4, 0.5) is 0 Å². The Kier molecular flexibility index (Phi) is 1.58. The predicted molar refractivity (Wildman–Crippen MR) is 30.4 cm³/mol. The van der Waals surface area contributed by atoms with E-state index in [2.05, 4.69) is 0 Å². The number of hydrogen-bond acceptors (Lipinski definition) is 2. The number of ether oxygens (including phenoxy) is 1. The smallest absolute Gasteiger partial charge is 0.154 e. The molecular weight excluding hydrogens is 103 g/mol. The van der Waals surface area contributed by atoms with Crippen molar-refractivity contribution in [3.8, 4) is 0 Å². The number of hydrogen-bond donors (Lipinski definition) is 1. The van der Waals surface area contributed by atoms with Crippen molar-refractivity contribution in [3.05, 3.63) is 0 Å². The molecule has 0 aromatic carbocycles. The second kappa shape index (κ2) is 2.07. The van der Waals surface area contributed by atoms with E-state index in [4.69, 9.17) is 17.7 Å². The van der Waals surface area contributed by atoms with Gasteiger partial charge in [0, 0.05) is 12.4 Å². The normalized spacial score (nSPS) is 47.5. The summed E-state index contributed by atoms with van der Waals surface area (Å²) in [5, 5.41) is 8.77. The summed E-state index contributed by atoms with van der Waals surface area (Å²) in [6.07, 6.45) is 0.0428. The lowest BCUT2D eigenvalue weighted by Gasteiger charge is -2.05. The fourth-order valence-corrected chi connectivity index (χ4v) is 0.823. The molecule has 1 aliphatic rings. The van der Waals surface area contributed by atoms with Crippen LogP contribution < -0.4 is 0 Å². The van der Waals surface area contributed by atoms with E-state index < -0.39 is 6.29 Å². The molecule has 0 aliphatic carbocycles. The number of rotatable bonds is 0. The third-order valence-electron chi connectivity index (χ3n) is 1.45. The highest BCUT2D eigenvalue weighted by molar-refractivity contribution is 6.11. The minimum absolute atomic E-state index is 0.259. The predicted octanol–water partition coefficient (Wildman–Crippen LogP) is -0.144. The van der Waals surface area contributed by atoms with Crippen molar-refractivity contribution in [2.75, 3.05) is 0 Å². The third kappa shape index (κ3) is 1.04. The molecule has 0 saturated carbocycles. The van der Waals surface area contributed by atoms with Crippen LogP contribution in [0.25, 0.3) is 0 Å². The second-order valence-electron chi connectivity index (χ2n) is 2.27. The minimum Gasteiger partial charge on any atom is -0.368 e. The Labute approximate surface area is 50.3 Å². The maximum atomic E-state index is 8.77. The fraction of sp³-hybridized carbons (Fsp3) is 1.00. The van der Waals surface area contributed by atoms with Crippen LogP contribution in [-0.4, -0.2) is 25.2 Å². The van der Waals surface area contributed by atoms with Gasteiger partial charge in [0.25, 0.3) is 0 Å². The van der Waals surface area contributed by atoms with Gasteiger partial charge in [0.1, 0.15) is 7.85 Å². The van der Waals surface area contributed by atoms with Crippen LogP contribution >= 0.6 is 0 Å². The second-order valence-corrected chi connectivity index (χ2v) is 2.27. The van der Waals surface area contributed by atoms with Crippen LogP contribution in [0.1, 0.15) is 13.3 Å². The first-order valence-corrected chi connectivity index (χ1v) is 2.79. The van der Waals surface area contributed by atoms with Gasteiger partial charge in [-0.1, -0.05) is 6.92 Å². The summed E-state index contributed by atoms with van der Waals surface area (Å²) in [6.45, 7) is 1.96. The highest BCUT2D eigenvalue weighted by Gasteiger charge is 2.25. The van der Waals surface area contributed by atoms with E-state index in [-0.39, 0.29) is 6.00 Å². The van der Waals surface area contributed by atoms with Crippen molar-refractivity contribution >= 4 is 7.85 Å². The molecule has 1 N–H and O–H groups in total. The minimum atomic E-state index is -0.625. The topological polar surface area (TPSA) is 29.5 Å². The van der Waals surface area contributed by atoms with E-state index in [0.717, 1.165) is 0 Å². The van der Waals surface area contributed by atoms with E-state index in [1.54, 1.807) is 0 Å². The lowest BCUT2D eigenvalue weighted by Crippen LogP contribution is -2.13. The fourth-order valence-electron chi connectivity index (χ4n) is 0.823. The van der Waals surface area contributed by atoms with Crippen LogP contribution in [0.2, 0.25) is 0 Å². The first-order valence-electron chi connectivity index (χ1n) is 2.79. The molecule has 3 unspecified atom stereocenters. The molecule has 1 heterocycles. The Bertz CT molecular complexity index is 76.5. The first kappa shape index (κ1) is 6.11. The van der Waals surface area contributed by atoms with Crippen molar-refractivity contribution in [1.82, 2.24) is 0 Å². The van der Waals surface area contributed by atoms with Crippen LogP contribution in [0.15, 0.2) is 0 Å². The average Bonchev–Trinajstić information content (AvgIpc) is 1.85. The lowest BCUT2D eigenvalue weighted by molar-refractivity contribution is -0.0704. The van der Waals surface area contributed by atoms with Crippen molar-refractivity contribution in [2.45, 2.75) is 25.6 Å². The van der Waals surface area contributed by atoms with Gasteiger partial charge in [0.2, 0.25) is 0 Å². The van der Waals surface area contributed by atoms with Gasteiger partial charge < -0.3 is 9.84 Å². The molecule has 3 heteroatoms. The van der Waals surface area contributed by atoms with Gasteiger partial charge in [-0.25, -0.2) is 0 Å². The summed E-state index contributed by atoms with van der Waals surface area (Å²) in [6, 6.07) is -0.259. The van der Waals surface area contributed by atoms with Crippen LogP contribution in [0.5, 0.6) is 0 Å². The molecule has 1 saturated heterocycles. The van der Waals surface area contributed by atoms with E-state index in [1.807, 2.05) is 6.92 Å².